The number of hydrogen-bond acceptors (Lipinski definition) is 3. The van der Waals surface area contributed by atoms with E-state index < -0.39 is 6.04 Å². The van der Waals surface area contributed by atoms with Gasteiger partial charge < -0.3 is 9.88 Å². The highest BCUT2D eigenvalue weighted by Crippen LogP contribution is 2.23. The monoisotopic (exact) mass is 445 g/mol. The van der Waals surface area contributed by atoms with Crippen molar-refractivity contribution in [2.45, 2.75) is 33.4 Å². The lowest BCUT2D eigenvalue weighted by Gasteiger charge is -2.17. The molecule has 0 fully saturated rings. The lowest BCUT2D eigenvalue weighted by atomic mass is 10.0. The number of Topliss-reactive ketones (excluding diaryl/α,β-unsaturated/α-hetero) is 1. The third kappa shape index (κ3) is 4.43. The zero-order chi connectivity index (χ0) is 22.8. The number of halogens is 1. The number of para-hydroxylation sites is 2. The molecule has 1 unspecified atom stereocenters. The van der Waals surface area contributed by atoms with Crippen LogP contribution in [0.15, 0.2) is 66.7 Å². The largest absolute Gasteiger partial charge is 0.342 e. The summed E-state index contributed by atoms with van der Waals surface area (Å²) in [7, 11) is 0. The van der Waals surface area contributed by atoms with Gasteiger partial charge in [-0.05, 0) is 68.8 Å². The molecule has 1 heterocycles. The van der Waals surface area contributed by atoms with E-state index in [1.165, 1.54) is 0 Å². The molecule has 162 valence electrons. The second kappa shape index (κ2) is 8.97. The zero-order valence-corrected chi connectivity index (χ0v) is 19.0. The molecule has 1 aromatic heterocycles. The van der Waals surface area contributed by atoms with Crippen LogP contribution in [0.2, 0.25) is 5.02 Å². The first-order valence-corrected chi connectivity index (χ1v) is 10.8. The van der Waals surface area contributed by atoms with E-state index in [4.69, 9.17) is 16.6 Å². The first kappa shape index (κ1) is 21.8. The minimum Gasteiger partial charge on any atom is -0.342 e. The van der Waals surface area contributed by atoms with Crippen molar-refractivity contribution in [3.63, 3.8) is 0 Å². The predicted molar refractivity (Wildman–Crippen MR) is 127 cm³/mol. The molecule has 1 N–H and O–H groups in total. The smallest absolute Gasteiger partial charge is 0.252 e. The number of nitrogens with one attached hydrogen (secondary N) is 1. The predicted octanol–water partition coefficient (Wildman–Crippen LogP) is 5.68. The van der Waals surface area contributed by atoms with Crippen LogP contribution in [-0.2, 0) is 6.54 Å². The van der Waals surface area contributed by atoms with Crippen molar-refractivity contribution < 1.29 is 9.59 Å². The SMILES string of the molecule is Cc1ccc(C(=O)NC(C)c2nc3ccccc3n2CC(=O)c2ccc(Cl)cc2)c(C)c1. The fourth-order valence-electron chi connectivity index (χ4n) is 3.87. The van der Waals surface area contributed by atoms with Gasteiger partial charge in [0.1, 0.15) is 5.82 Å². The summed E-state index contributed by atoms with van der Waals surface area (Å²) in [5, 5.41) is 3.63. The molecule has 0 radical (unpaired) electrons. The number of amides is 1. The second-order valence-corrected chi connectivity index (χ2v) is 8.42. The zero-order valence-electron chi connectivity index (χ0n) is 18.2. The van der Waals surface area contributed by atoms with Gasteiger partial charge in [-0.3, -0.25) is 9.59 Å². The summed E-state index contributed by atoms with van der Waals surface area (Å²) in [5.74, 6) is 0.406. The summed E-state index contributed by atoms with van der Waals surface area (Å²) < 4.78 is 1.87. The minimum absolute atomic E-state index is 0.0565. The van der Waals surface area contributed by atoms with Crippen LogP contribution in [0.3, 0.4) is 0 Å². The highest BCUT2D eigenvalue weighted by atomic mass is 35.5. The van der Waals surface area contributed by atoms with Crippen molar-refractivity contribution in [1.82, 2.24) is 14.9 Å². The van der Waals surface area contributed by atoms with Crippen molar-refractivity contribution >= 4 is 34.3 Å². The molecular weight excluding hydrogens is 422 g/mol. The third-order valence-corrected chi connectivity index (χ3v) is 5.77. The summed E-state index contributed by atoms with van der Waals surface area (Å²) >= 11 is 5.96. The maximum Gasteiger partial charge on any atom is 0.252 e. The average molecular weight is 446 g/mol. The van der Waals surface area contributed by atoms with E-state index in [-0.39, 0.29) is 18.2 Å². The summed E-state index contributed by atoms with van der Waals surface area (Å²) in [6, 6.07) is 19.8. The van der Waals surface area contributed by atoms with Crippen LogP contribution in [0.4, 0.5) is 0 Å². The van der Waals surface area contributed by atoms with Gasteiger partial charge in [-0.1, -0.05) is 41.4 Å². The van der Waals surface area contributed by atoms with Crippen LogP contribution in [-0.4, -0.2) is 21.2 Å². The number of imidazole rings is 1. The molecule has 5 nitrogen and oxygen atoms in total. The number of aromatic nitrogens is 2. The molecule has 0 saturated carbocycles. The van der Waals surface area contributed by atoms with E-state index in [0.717, 1.165) is 22.2 Å². The highest BCUT2D eigenvalue weighted by molar-refractivity contribution is 6.30. The quantitative estimate of drug-likeness (QED) is 0.388. The third-order valence-electron chi connectivity index (χ3n) is 5.51. The van der Waals surface area contributed by atoms with Crippen molar-refractivity contribution in [2.75, 3.05) is 0 Å². The van der Waals surface area contributed by atoms with E-state index in [1.807, 2.05) is 67.8 Å². The number of aryl methyl sites for hydroxylation is 2. The van der Waals surface area contributed by atoms with Crippen molar-refractivity contribution in [1.29, 1.82) is 0 Å². The molecule has 32 heavy (non-hydrogen) atoms. The molecule has 0 aliphatic rings. The van der Waals surface area contributed by atoms with Gasteiger partial charge in [0.15, 0.2) is 5.78 Å². The van der Waals surface area contributed by atoms with E-state index in [9.17, 15) is 9.59 Å². The summed E-state index contributed by atoms with van der Waals surface area (Å²) in [4.78, 5) is 30.6. The summed E-state index contributed by atoms with van der Waals surface area (Å²) in [5.41, 5.74) is 4.85. The Balaban J connectivity index is 1.65. The molecule has 4 aromatic rings. The van der Waals surface area contributed by atoms with Crippen LogP contribution in [0.1, 0.15) is 50.6 Å². The minimum atomic E-state index is -0.395. The highest BCUT2D eigenvalue weighted by Gasteiger charge is 2.21. The van der Waals surface area contributed by atoms with Crippen LogP contribution in [0.5, 0.6) is 0 Å². The molecule has 0 aliphatic heterocycles. The summed E-state index contributed by atoms with van der Waals surface area (Å²) in [6.07, 6.45) is 0. The maximum absolute atomic E-state index is 13.0. The second-order valence-electron chi connectivity index (χ2n) is 7.99. The Morgan fingerprint density at radius 2 is 1.75 bits per heavy atom. The van der Waals surface area contributed by atoms with Crippen LogP contribution in [0.25, 0.3) is 11.0 Å². The normalized spacial score (nSPS) is 12.0. The molecule has 4 rings (SSSR count). The Morgan fingerprint density at radius 3 is 2.47 bits per heavy atom. The van der Waals surface area contributed by atoms with Gasteiger partial charge in [-0.25, -0.2) is 4.98 Å². The summed E-state index contributed by atoms with van der Waals surface area (Å²) in [6.45, 7) is 5.91. The number of benzene rings is 3. The van der Waals surface area contributed by atoms with E-state index in [1.54, 1.807) is 24.3 Å². The molecule has 3 aromatic carbocycles. The molecule has 6 heteroatoms. The molecule has 0 spiro atoms. The molecule has 0 aliphatic carbocycles. The molecule has 0 bridgehead atoms. The molecular formula is C26H24ClN3O2. The number of carbonyl (C=O) groups is 2. The topological polar surface area (TPSA) is 64.0 Å². The molecule has 1 amide bonds. The number of carbonyl (C=O) groups excluding carboxylic acids is 2. The van der Waals surface area contributed by atoms with Gasteiger partial charge in [0.2, 0.25) is 0 Å². The van der Waals surface area contributed by atoms with Crippen molar-refractivity contribution in [3.05, 3.63) is 99.8 Å². The number of rotatable bonds is 6. The van der Waals surface area contributed by atoms with Gasteiger partial charge in [0, 0.05) is 16.1 Å². The van der Waals surface area contributed by atoms with E-state index in [2.05, 4.69) is 5.32 Å². The molecule has 0 saturated heterocycles. The Morgan fingerprint density at radius 1 is 1.03 bits per heavy atom. The Labute approximate surface area is 192 Å². The number of fused-ring (bicyclic) bond motifs is 1. The van der Waals surface area contributed by atoms with Gasteiger partial charge in [-0.2, -0.15) is 0 Å². The maximum atomic E-state index is 13.0. The van der Waals surface area contributed by atoms with Crippen LogP contribution >= 0.6 is 11.6 Å². The van der Waals surface area contributed by atoms with Crippen LogP contribution < -0.4 is 5.32 Å². The fourth-order valence-corrected chi connectivity index (χ4v) is 3.99. The van der Waals surface area contributed by atoms with Gasteiger partial charge >= 0.3 is 0 Å². The molecule has 1 atom stereocenters. The Bertz CT molecular complexity index is 1310. The van der Waals surface area contributed by atoms with E-state index in [0.29, 0.717) is 22.0 Å². The lowest BCUT2D eigenvalue weighted by Crippen LogP contribution is -2.30. The number of hydrogen-bond donors (Lipinski definition) is 1. The number of ketones is 1. The van der Waals surface area contributed by atoms with E-state index >= 15 is 0 Å². The standard InChI is InChI=1S/C26H24ClN3O2/c1-16-8-13-21(17(2)14-16)26(32)28-18(3)25-29-22-6-4-5-7-23(22)30(25)15-24(31)19-9-11-20(27)12-10-19/h4-14,18H,15H2,1-3H3,(H,28,32). The van der Waals surface area contributed by atoms with Crippen molar-refractivity contribution in [2.24, 2.45) is 0 Å². The fraction of sp³-hybridized carbons (Fsp3) is 0.192. The lowest BCUT2D eigenvalue weighted by molar-refractivity contribution is 0.0937. The number of nitrogens with zero attached hydrogens (tertiary/aromatic N) is 2. The first-order chi connectivity index (χ1) is 15.3. The van der Waals surface area contributed by atoms with Gasteiger partial charge in [-0.15, -0.1) is 0 Å². The average Bonchev–Trinajstić information content (AvgIpc) is 3.12. The van der Waals surface area contributed by atoms with Crippen molar-refractivity contribution in [3.8, 4) is 0 Å². The Kier molecular flexibility index (Phi) is 6.10. The van der Waals surface area contributed by atoms with Crippen LogP contribution in [0, 0.1) is 13.8 Å². The van der Waals surface area contributed by atoms with Gasteiger partial charge in [0.05, 0.1) is 23.6 Å². The van der Waals surface area contributed by atoms with Gasteiger partial charge in [0.25, 0.3) is 5.91 Å². The Hall–Kier alpha value is -3.44. The first-order valence-electron chi connectivity index (χ1n) is 10.5.